The van der Waals surface area contributed by atoms with Crippen molar-refractivity contribution in [2.24, 2.45) is 5.41 Å². The Labute approximate surface area is 165 Å². The number of piperidine rings is 1. The first-order valence-electron chi connectivity index (χ1n) is 10.4. The van der Waals surface area contributed by atoms with Crippen LogP contribution in [0.5, 0.6) is 0 Å². The molecule has 2 fully saturated rings. The van der Waals surface area contributed by atoms with Crippen molar-refractivity contribution in [2.45, 2.75) is 32.1 Å². The summed E-state index contributed by atoms with van der Waals surface area (Å²) in [6.45, 7) is 3.85. The average molecular weight is 374 g/mol. The lowest BCUT2D eigenvalue weighted by atomic mass is 9.79. The molecule has 5 rings (SSSR count). The highest BCUT2D eigenvalue weighted by Crippen LogP contribution is 2.36. The molecule has 4 nitrogen and oxygen atoms in total. The molecular weight excluding hydrogens is 348 g/mol. The highest BCUT2D eigenvalue weighted by molar-refractivity contribution is 6.01. The van der Waals surface area contributed by atoms with Gasteiger partial charge in [0.2, 0.25) is 0 Å². The van der Waals surface area contributed by atoms with E-state index in [9.17, 15) is 9.59 Å². The van der Waals surface area contributed by atoms with E-state index in [0.717, 1.165) is 66.8 Å². The molecule has 2 aliphatic heterocycles. The monoisotopic (exact) mass is 374 g/mol. The van der Waals surface area contributed by atoms with Crippen molar-refractivity contribution in [2.75, 3.05) is 26.2 Å². The van der Waals surface area contributed by atoms with Gasteiger partial charge in [-0.05, 0) is 61.1 Å². The van der Waals surface area contributed by atoms with Gasteiger partial charge < -0.3 is 10.2 Å². The molecule has 28 heavy (non-hydrogen) atoms. The molecule has 3 aliphatic rings. The number of likely N-dealkylation sites (tertiary alicyclic amines) is 1. The fourth-order valence-electron chi connectivity index (χ4n) is 5.15. The number of fused-ring (bicyclic) bond motifs is 1. The molecule has 2 aromatic carbocycles. The Kier molecular flexibility index (Phi) is 4.31. The zero-order valence-corrected chi connectivity index (χ0v) is 16.2. The topological polar surface area (TPSA) is 49.4 Å². The van der Waals surface area contributed by atoms with Gasteiger partial charge in [0.05, 0.1) is 0 Å². The minimum Gasteiger partial charge on any atom is -0.338 e. The summed E-state index contributed by atoms with van der Waals surface area (Å²) < 4.78 is 0. The number of carbonyl (C=O) groups is 2. The largest absolute Gasteiger partial charge is 0.338 e. The number of nitrogens with one attached hydrogen (secondary N) is 1. The smallest absolute Gasteiger partial charge is 0.253 e. The van der Waals surface area contributed by atoms with E-state index in [4.69, 9.17) is 0 Å². The Bertz CT molecular complexity index is 926. The van der Waals surface area contributed by atoms with Crippen LogP contribution in [-0.4, -0.2) is 42.8 Å². The van der Waals surface area contributed by atoms with Crippen molar-refractivity contribution in [3.05, 3.63) is 59.2 Å². The van der Waals surface area contributed by atoms with Crippen LogP contribution >= 0.6 is 0 Å². The zero-order valence-electron chi connectivity index (χ0n) is 16.2. The number of Topliss-reactive ketones (excluding diaryl/α,β-unsaturated/α-hetero) is 1. The predicted molar refractivity (Wildman–Crippen MR) is 110 cm³/mol. The highest BCUT2D eigenvalue weighted by Gasteiger charge is 2.39. The molecule has 144 valence electrons. The second-order valence-corrected chi connectivity index (χ2v) is 8.63. The van der Waals surface area contributed by atoms with Crippen molar-refractivity contribution >= 4 is 11.7 Å². The summed E-state index contributed by atoms with van der Waals surface area (Å²) in [5, 5.41) is 3.47. The van der Waals surface area contributed by atoms with Gasteiger partial charge in [-0.1, -0.05) is 30.3 Å². The van der Waals surface area contributed by atoms with Gasteiger partial charge in [0.25, 0.3) is 5.91 Å². The third-order valence-electron chi connectivity index (χ3n) is 6.77. The van der Waals surface area contributed by atoms with Crippen molar-refractivity contribution in [3.8, 4) is 11.1 Å². The second kappa shape index (κ2) is 6.85. The molecule has 0 saturated carbocycles. The van der Waals surface area contributed by atoms with Crippen LogP contribution in [0.4, 0.5) is 0 Å². The van der Waals surface area contributed by atoms with E-state index >= 15 is 0 Å². The molecule has 4 heteroatoms. The van der Waals surface area contributed by atoms with Crippen molar-refractivity contribution < 1.29 is 9.59 Å². The van der Waals surface area contributed by atoms with E-state index in [2.05, 4.69) is 11.4 Å². The first kappa shape index (κ1) is 17.6. The van der Waals surface area contributed by atoms with Crippen LogP contribution in [0.25, 0.3) is 11.1 Å². The number of amides is 1. The maximum absolute atomic E-state index is 13.0. The fourth-order valence-corrected chi connectivity index (χ4v) is 5.15. The van der Waals surface area contributed by atoms with Gasteiger partial charge in [0.15, 0.2) is 5.78 Å². The Morgan fingerprint density at radius 3 is 2.61 bits per heavy atom. The molecule has 2 aromatic rings. The van der Waals surface area contributed by atoms with Gasteiger partial charge in [0.1, 0.15) is 0 Å². The molecule has 1 aliphatic carbocycles. The molecule has 1 unspecified atom stereocenters. The first-order chi connectivity index (χ1) is 13.6. The lowest BCUT2D eigenvalue weighted by Crippen LogP contribution is -2.47. The van der Waals surface area contributed by atoms with Gasteiger partial charge in [-0.15, -0.1) is 0 Å². The lowest BCUT2D eigenvalue weighted by Gasteiger charge is -2.40. The Morgan fingerprint density at radius 1 is 1.00 bits per heavy atom. The molecule has 0 radical (unpaired) electrons. The number of carbonyl (C=O) groups excluding carboxylic acids is 2. The fraction of sp³-hybridized carbons (Fsp3) is 0.417. The summed E-state index contributed by atoms with van der Waals surface area (Å²) in [6, 6.07) is 14.0. The van der Waals surface area contributed by atoms with Crippen molar-refractivity contribution in [3.63, 3.8) is 0 Å². The molecule has 2 saturated heterocycles. The van der Waals surface area contributed by atoms with E-state index in [-0.39, 0.29) is 17.1 Å². The molecule has 2 heterocycles. The minimum atomic E-state index is 0.150. The average Bonchev–Trinajstić information content (AvgIpc) is 3.34. The number of ketones is 1. The summed E-state index contributed by atoms with van der Waals surface area (Å²) in [5.74, 6) is 0.399. The summed E-state index contributed by atoms with van der Waals surface area (Å²) >= 11 is 0. The Morgan fingerprint density at radius 2 is 1.82 bits per heavy atom. The normalized spacial score (nSPS) is 24.0. The van der Waals surface area contributed by atoms with Gasteiger partial charge in [-0.3, -0.25) is 9.59 Å². The van der Waals surface area contributed by atoms with Crippen LogP contribution in [0.1, 0.15) is 52.0 Å². The maximum atomic E-state index is 13.0. The second-order valence-electron chi connectivity index (χ2n) is 8.63. The first-order valence-corrected chi connectivity index (χ1v) is 10.4. The Balaban J connectivity index is 1.34. The summed E-state index contributed by atoms with van der Waals surface area (Å²) in [5.41, 5.74) is 5.27. The third-order valence-corrected chi connectivity index (χ3v) is 6.77. The minimum absolute atomic E-state index is 0.150. The summed E-state index contributed by atoms with van der Waals surface area (Å²) in [6.07, 6.45) is 4.96. The van der Waals surface area contributed by atoms with E-state index in [1.54, 1.807) is 0 Å². The number of hydrogen-bond donors (Lipinski definition) is 1. The highest BCUT2D eigenvalue weighted by atomic mass is 16.2. The quantitative estimate of drug-likeness (QED) is 0.872. The van der Waals surface area contributed by atoms with Crippen LogP contribution in [0, 0.1) is 5.41 Å². The number of hydrogen-bond acceptors (Lipinski definition) is 3. The summed E-state index contributed by atoms with van der Waals surface area (Å²) in [7, 11) is 0. The van der Waals surface area contributed by atoms with E-state index in [1.165, 1.54) is 12.8 Å². The third kappa shape index (κ3) is 3.06. The number of aryl methyl sites for hydroxylation is 1. The van der Waals surface area contributed by atoms with Crippen LogP contribution in [0.15, 0.2) is 42.5 Å². The molecule has 1 atom stereocenters. The van der Waals surface area contributed by atoms with Gasteiger partial charge in [0, 0.05) is 42.6 Å². The number of rotatable bonds is 2. The number of nitrogens with zero attached hydrogens (tertiary/aromatic N) is 1. The molecule has 0 aromatic heterocycles. The molecule has 1 N–H and O–H groups in total. The summed E-state index contributed by atoms with van der Waals surface area (Å²) in [4.78, 5) is 26.9. The Hall–Kier alpha value is -2.46. The van der Waals surface area contributed by atoms with Crippen LogP contribution in [0.3, 0.4) is 0 Å². The molecule has 1 spiro atoms. The predicted octanol–water partition coefficient (Wildman–Crippen LogP) is 3.70. The van der Waals surface area contributed by atoms with E-state index < -0.39 is 0 Å². The zero-order chi connectivity index (χ0) is 19.1. The van der Waals surface area contributed by atoms with E-state index in [1.807, 2.05) is 41.3 Å². The van der Waals surface area contributed by atoms with Crippen molar-refractivity contribution in [1.29, 1.82) is 0 Å². The van der Waals surface area contributed by atoms with Crippen LogP contribution in [0.2, 0.25) is 0 Å². The molecular formula is C24H26N2O2. The van der Waals surface area contributed by atoms with Gasteiger partial charge in [-0.2, -0.15) is 0 Å². The van der Waals surface area contributed by atoms with Crippen molar-refractivity contribution in [1.82, 2.24) is 10.2 Å². The molecule has 1 amide bonds. The number of benzene rings is 2. The standard InChI is InChI=1S/C24H26N2O2/c27-22-9-7-20-14-19(6-8-21(20)22)17-2-4-18(5-3-17)23(28)26-13-1-10-24(16-26)11-12-25-15-24/h2-6,8,14,25H,1,7,9-13,15-16H2. The van der Waals surface area contributed by atoms with Gasteiger partial charge in [-0.25, -0.2) is 0 Å². The molecule has 0 bridgehead atoms. The van der Waals surface area contributed by atoms with Crippen LogP contribution < -0.4 is 5.32 Å². The lowest BCUT2D eigenvalue weighted by molar-refractivity contribution is 0.0553. The van der Waals surface area contributed by atoms with E-state index in [0.29, 0.717) is 6.42 Å². The van der Waals surface area contributed by atoms with Gasteiger partial charge >= 0.3 is 0 Å². The van der Waals surface area contributed by atoms with Crippen LogP contribution in [-0.2, 0) is 6.42 Å². The SMILES string of the molecule is O=C1CCc2cc(-c3ccc(C(=O)N4CCCC5(CCNC5)C4)cc3)ccc21. The maximum Gasteiger partial charge on any atom is 0.253 e.